The van der Waals surface area contributed by atoms with Gasteiger partial charge in [-0.05, 0) is 19.9 Å². The highest BCUT2D eigenvalue weighted by molar-refractivity contribution is 5.70. The SMILES string of the molecule is CCN(CC)c1cc(-n2nc(-c3ccccc3)cc2-c2ccccc2)ncn1. The lowest BCUT2D eigenvalue weighted by molar-refractivity contribution is 0.816. The number of hydrogen-bond acceptors (Lipinski definition) is 4. The van der Waals surface area contributed by atoms with E-state index in [4.69, 9.17) is 5.10 Å². The van der Waals surface area contributed by atoms with E-state index in [1.54, 1.807) is 6.33 Å². The van der Waals surface area contributed by atoms with Crippen molar-refractivity contribution < 1.29 is 0 Å². The molecule has 2 aromatic heterocycles. The molecule has 0 atom stereocenters. The Hall–Kier alpha value is -3.47. The van der Waals surface area contributed by atoms with E-state index >= 15 is 0 Å². The maximum absolute atomic E-state index is 4.89. The van der Waals surface area contributed by atoms with Crippen molar-refractivity contribution in [3.63, 3.8) is 0 Å². The summed E-state index contributed by atoms with van der Waals surface area (Å²) < 4.78 is 1.91. The molecule has 0 fully saturated rings. The van der Waals surface area contributed by atoms with Gasteiger partial charge in [0.15, 0.2) is 5.82 Å². The van der Waals surface area contributed by atoms with Crippen LogP contribution in [-0.4, -0.2) is 32.8 Å². The number of benzene rings is 2. The monoisotopic (exact) mass is 369 g/mol. The normalized spacial score (nSPS) is 10.8. The molecule has 0 spiro atoms. The van der Waals surface area contributed by atoms with E-state index in [1.807, 2.05) is 47.1 Å². The summed E-state index contributed by atoms with van der Waals surface area (Å²) in [5.41, 5.74) is 4.10. The minimum atomic E-state index is 0.762. The molecule has 0 bridgehead atoms. The van der Waals surface area contributed by atoms with Gasteiger partial charge in [0, 0.05) is 30.3 Å². The minimum absolute atomic E-state index is 0.762. The predicted octanol–water partition coefficient (Wildman–Crippen LogP) is 4.84. The van der Waals surface area contributed by atoms with Crippen molar-refractivity contribution in [3.05, 3.63) is 79.1 Å². The predicted molar refractivity (Wildman–Crippen MR) is 114 cm³/mol. The van der Waals surface area contributed by atoms with Gasteiger partial charge >= 0.3 is 0 Å². The lowest BCUT2D eigenvalue weighted by Crippen LogP contribution is -2.23. The molecule has 0 aliphatic heterocycles. The average molecular weight is 369 g/mol. The fourth-order valence-electron chi connectivity index (χ4n) is 3.29. The summed E-state index contributed by atoms with van der Waals surface area (Å²) in [5.74, 6) is 1.67. The van der Waals surface area contributed by atoms with Crippen molar-refractivity contribution in [2.75, 3.05) is 18.0 Å². The highest BCUT2D eigenvalue weighted by Gasteiger charge is 2.15. The van der Waals surface area contributed by atoms with Gasteiger partial charge in [0.25, 0.3) is 0 Å². The zero-order chi connectivity index (χ0) is 19.3. The van der Waals surface area contributed by atoms with Gasteiger partial charge in [-0.2, -0.15) is 5.10 Å². The van der Waals surface area contributed by atoms with Crippen molar-refractivity contribution in [1.29, 1.82) is 0 Å². The van der Waals surface area contributed by atoms with Crippen molar-refractivity contribution in [2.45, 2.75) is 13.8 Å². The van der Waals surface area contributed by atoms with Crippen LogP contribution in [0.25, 0.3) is 28.3 Å². The van der Waals surface area contributed by atoms with E-state index in [9.17, 15) is 0 Å². The number of rotatable bonds is 6. The van der Waals surface area contributed by atoms with Crippen LogP contribution in [0.4, 0.5) is 5.82 Å². The van der Waals surface area contributed by atoms with Crippen LogP contribution in [0.5, 0.6) is 0 Å². The molecule has 0 amide bonds. The highest BCUT2D eigenvalue weighted by atomic mass is 15.3. The lowest BCUT2D eigenvalue weighted by atomic mass is 10.1. The van der Waals surface area contributed by atoms with Crippen LogP contribution in [0, 0.1) is 0 Å². The van der Waals surface area contributed by atoms with Gasteiger partial charge in [-0.15, -0.1) is 0 Å². The summed E-state index contributed by atoms with van der Waals surface area (Å²) >= 11 is 0. The van der Waals surface area contributed by atoms with Crippen molar-refractivity contribution in [3.8, 4) is 28.3 Å². The fraction of sp³-hybridized carbons (Fsp3) is 0.174. The zero-order valence-corrected chi connectivity index (χ0v) is 16.2. The summed E-state index contributed by atoms with van der Waals surface area (Å²) in [6, 6.07) is 24.6. The van der Waals surface area contributed by atoms with Crippen LogP contribution in [0.15, 0.2) is 79.1 Å². The average Bonchev–Trinajstić information content (AvgIpc) is 3.22. The summed E-state index contributed by atoms with van der Waals surface area (Å²) in [6.07, 6.45) is 1.61. The molecule has 0 saturated heterocycles. The van der Waals surface area contributed by atoms with Gasteiger partial charge in [-0.1, -0.05) is 60.7 Å². The molecule has 140 valence electrons. The second-order valence-corrected chi connectivity index (χ2v) is 6.47. The van der Waals surface area contributed by atoms with E-state index in [1.165, 1.54) is 0 Å². The Labute approximate surface area is 165 Å². The molecule has 0 radical (unpaired) electrons. The molecule has 0 aliphatic carbocycles. The summed E-state index contributed by atoms with van der Waals surface area (Å²) in [5, 5.41) is 4.89. The van der Waals surface area contributed by atoms with Gasteiger partial charge in [0.05, 0.1) is 11.4 Å². The van der Waals surface area contributed by atoms with Gasteiger partial charge < -0.3 is 4.90 Å². The van der Waals surface area contributed by atoms with Crippen molar-refractivity contribution >= 4 is 5.82 Å². The maximum atomic E-state index is 4.89. The summed E-state index contributed by atoms with van der Waals surface area (Å²) in [4.78, 5) is 11.2. The van der Waals surface area contributed by atoms with Gasteiger partial charge in [-0.3, -0.25) is 0 Å². The number of aromatic nitrogens is 4. The molecule has 5 nitrogen and oxygen atoms in total. The Morgan fingerprint density at radius 3 is 2.07 bits per heavy atom. The van der Waals surface area contributed by atoms with Crippen LogP contribution in [0.1, 0.15) is 13.8 Å². The Morgan fingerprint density at radius 1 is 0.786 bits per heavy atom. The fourth-order valence-corrected chi connectivity index (χ4v) is 3.29. The van der Waals surface area contributed by atoms with E-state index < -0.39 is 0 Å². The van der Waals surface area contributed by atoms with Gasteiger partial charge in [0.2, 0.25) is 0 Å². The van der Waals surface area contributed by atoms with Crippen LogP contribution in [-0.2, 0) is 0 Å². The van der Waals surface area contributed by atoms with Crippen molar-refractivity contribution in [2.24, 2.45) is 0 Å². The maximum Gasteiger partial charge on any atom is 0.159 e. The Morgan fingerprint density at radius 2 is 1.43 bits per heavy atom. The van der Waals surface area contributed by atoms with E-state index in [0.29, 0.717) is 0 Å². The molecular formula is C23H23N5. The third kappa shape index (κ3) is 3.51. The van der Waals surface area contributed by atoms with E-state index in [2.05, 4.69) is 59.0 Å². The number of anilines is 1. The van der Waals surface area contributed by atoms with E-state index in [0.717, 1.165) is 47.2 Å². The van der Waals surface area contributed by atoms with Crippen LogP contribution >= 0.6 is 0 Å². The molecule has 0 N–H and O–H groups in total. The quantitative estimate of drug-likeness (QED) is 0.488. The molecular weight excluding hydrogens is 346 g/mol. The lowest BCUT2D eigenvalue weighted by Gasteiger charge is -2.19. The minimum Gasteiger partial charge on any atom is -0.357 e. The zero-order valence-electron chi connectivity index (χ0n) is 16.2. The first-order valence-corrected chi connectivity index (χ1v) is 9.58. The third-order valence-electron chi connectivity index (χ3n) is 4.79. The van der Waals surface area contributed by atoms with Crippen LogP contribution in [0.3, 0.4) is 0 Å². The molecule has 4 rings (SSSR count). The van der Waals surface area contributed by atoms with Gasteiger partial charge in [0.1, 0.15) is 12.1 Å². The molecule has 5 heteroatoms. The Bertz CT molecular complexity index is 1040. The topological polar surface area (TPSA) is 46.8 Å². The first-order valence-electron chi connectivity index (χ1n) is 9.58. The Kier molecular flexibility index (Phi) is 5.15. The summed E-state index contributed by atoms with van der Waals surface area (Å²) in [7, 11) is 0. The molecule has 2 heterocycles. The van der Waals surface area contributed by atoms with Crippen LogP contribution < -0.4 is 4.90 Å². The second kappa shape index (κ2) is 8.05. The first kappa shape index (κ1) is 17.9. The molecule has 0 aliphatic rings. The molecule has 2 aromatic carbocycles. The van der Waals surface area contributed by atoms with Gasteiger partial charge in [-0.25, -0.2) is 14.6 Å². The van der Waals surface area contributed by atoms with Crippen LogP contribution in [0.2, 0.25) is 0 Å². The molecule has 4 aromatic rings. The molecule has 28 heavy (non-hydrogen) atoms. The first-order chi connectivity index (χ1) is 13.8. The largest absolute Gasteiger partial charge is 0.357 e. The summed E-state index contributed by atoms with van der Waals surface area (Å²) in [6.45, 7) is 6.05. The highest BCUT2D eigenvalue weighted by Crippen LogP contribution is 2.28. The van der Waals surface area contributed by atoms with E-state index in [-0.39, 0.29) is 0 Å². The second-order valence-electron chi connectivity index (χ2n) is 6.47. The molecule has 0 saturated carbocycles. The smallest absolute Gasteiger partial charge is 0.159 e. The van der Waals surface area contributed by atoms with Crippen molar-refractivity contribution in [1.82, 2.24) is 19.7 Å². The molecule has 0 unspecified atom stereocenters. The third-order valence-corrected chi connectivity index (χ3v) is 4.79. The number of nitrogens with zero attached hydrogens (tertiary/aromatic N) is 5. The Balaban J connectivity index is 1.86. The number of hydrogen-bond donors (Lipinski definition) is 0. The standard InChI is InChI=1S/C23H23N5/c1-3-27(4-2)22-16-23(25-17-24-22)28-21(19-13-9-6-10-14-19)15-20(26-28)18-11-7-5-8-12-18/h5-17H,3-4H2,1-2H3.